The van der Waals surface area contributed by atoms with E-state index in [1.807, 2.05) is 0 Å². The minimum absolute atomic E-state index is 0.130. The molecule has 2 aliphatic rings. The first-order valence-corrected chi connectivity index (χ1v) is 15.6. The summed E-state index contributed by atoms with van der Waals surface area (Å²) in [4.78, 5) is 26.8. The number of fused-ring (bicyclic) bond motifs is 2. The molecule has 2 aliphatic heterocycles. The molecule has 45 heavy (non-hydrogen) atoms. The van der Waals surface area contributed by atoms with Gasteiger partial charge in [-0.2, -0.15) is 0 Å². The van der Waals surface area contributed by atoms with Crippen molar-refractivity contribution < 1.29 is 36.3 Å². The van der Waals surface area contributed by atoms with Gasteiger partial charge in [-0.1, -0.05) is 41.9 Å². The molecular formula is C33H25ClF2N2O6S. The molecule has 2 heterocycles. The average molecular weight is 651 g/mol. The molecule has 0 N–H and O–H groups in total. The Balaban J connectivity index is 1.40. The molecular weight excluding hydrogens is 626 g/mol. The molecule has 6 rings (SSSR count). The Hall–Kier alpha value is -4.74. The fourth-order valence-electron chi connectivity index (χ4n) is 5.48. The molecule has 230 valence electrons. The highest BCUT2D eigenvalue weighted by Crippen LogP contribution is 2.40. The molecule has 0 aromatic heterocycles. The largest absolute Gasteiger partial charge is 0.494 e. The number of imide groups is 1. The number of sulfonamides is 1. The number of hydrogen-bond donors (Lipinski definition) is 0. The predicted molar refractivity (Wildman–Crippen MR) is 165 cm³/mol. The van der Waals surface area contributed by atoms with Crippen LogP contribution in [0.4, 0.5) is 14.5 Å². The lowest BCUT2D eigenvalue weighted by Crippen LogP contribution is -2.49. The van der Waals surface area contributed by atoms with E-state index in [9.17, 15) is 26.8 Å². The van der Waals surface area contributed by atoms with Crippen LogP contribution in [0.3, 0.4) is 0 Å². The van der Waals surface area contributed by atoms with Crippen molar-refractivity contribution in [3.8, 4) is 11.5 Å². The van der Waals surface area contributed by atoms with Gasteiger partial charge < -0.3 is 9.47 Å². The number of nitrogens with zero attached hydrogens (tertiary/aromatic N) is 2. The minimum atomic E-state index is -4.41. The molecule has 2 amide bonds. The number of anilines is 1. The van der Waals surface area contributed by atoms with Crippen LogP contribution in [-0.2, 0) is 10.0 Å². The standard InChI is InChI=1S/C33H25ClF2N2O6S/c1-19(31-25(34)8-5-9-26(31)35)14-20-10-12-30-28(15-20)38(45(41,42)22-11-13-29(43-2)27(36)16-22)18-21(44-30)17-37-32(39)23-6-3-4-7-24(23)33(37)40/h3-16,21H,17-18H2,1-2H3/t21-/m0/s1. The molecule has 0 bridgehead atoms. The normalized spacial score (nSPS) is 16.4. The van der Waals surface area contributed by atoms with Gasteiger partial charge in [0.05, 0.1) is 46.9 Å². The fraction of sp³-hybridized carbons (Fsp3) is 0.152. The van der Waals surface area contributed by atoms with Crippen molar-refractivity contribution in [1.82, 2.24) is 4.90 Å². The topological polar surface area (TPSA) is 93.2 Å². The highest BCUT2D eigenvalue weighted by Gasteiger charge is 2.41. The smallest absolute Gasteiger partial charge is 0.264 e. The summed E-state index contributed by atoms with van der Waals surface area (Å²) in [5.74, 6) is -2.39. The highest BCUT2D eigenvalue weighted by atomic mass is 35.5. The summed E-state index contributed by atoms with van der Waals surface area (Å²) < 4.78 is 69.6. The maximum absolute atomic E-state index is 14.7. The van der Waals surface area contributed by atoms with Crippen molar-refractivity contribution in [1.29, 1.82) is 0 Å². The van der Waals surface area contributed by atoms with Gasteiger partial charge in [0.1, 0.15) is 17.7 Å². The lowest BCUT2D eigenvalue weighted by Gasteiger charge is -2.36. The maximum Gasteiger partial charge on any atom is 0.264 e. The van der Waals surface area contributed by atoms with E-state index < -0.39 is 39.6 Å². The highest BCUT2D eigenvalue weighted by molar-refractivity contribution is 7.92. The summed E-state index contributed by atoms with van der Waals surface area (Å²) >= 11 is 6.25. The number of ether oxygens (including phenoxy) is 2. The Morgan fingerprint density at radius 3 is 2.33 bits per heavy atom. The number of hydrogen-bond acceptors (Lipinski definition) is 6. The van der Waals surface area contributed by atoms with Gasteiger partial charge in [0.15, 0.2) is 11.6 Å². The van der Waals surface area contributed by atoms with Crippen molar-refractivity contribution in [2.24, 2.45) is 0 Å². The molecule has 8 nitrogen and oxygen atoms in total. The molecule has 12 heteroatoms. The van der Waals surface area contributed by atoms with Crippen molar-refractivity contribution >= 4 is 50.8 Å². The molecule has 0 saturated heterocycles. The first-order chi connectivity index (χ1) is 21.5. The quantitative estimate of drug-likeness (QED) is 0.169. The number of allylic oxidation sites excluding steroid dienone is 1. The number of carbonyl (C=O) groups excluding carboxylic acids is 2. The van der Waals surface area contributed by atoms with E-state index in [1.165, 1.54) is 31.4 Å². The average Bonchev–Trinajstić information content (AvgIpc) is 3.25. The van der Waals surface area contributed by atoms with Crippen LogP contribution in [0.25, 0.3) is 11.6 Å². The van der Waals surface area contributed by atoms with Crippen LogP contribution in [0.1, 0.15) is 38.8 Å². The van der Waals surface area contributed by atoms with Gasteiger partial charge in [0.2, 0.25) is 0 Å². The Labute approximate surface area is 263 Å². The Morgan fingerprint density at radius 2 is 1.69 bits per heavy atom. The van der Waals surface area contributed by atoms with Gasteiger partial charge in [-0.25, -0.2) is 17.2 Å². The van der Waals surface area contributed by atoms with E-state index in [1.54, 1.807) is 61.5 Å². The van der Waals surface area contributed by atoms with E-state index in [4.69, 9.17) is 21.1 Å². The van der Waals surface area contributed by atoms with Crippen LogP contribution in [0.15, 0.2) is 83.8 Å². The van der Waals surface area contributed by atoms with Gasteiger partial charge in [-0.3, -0.25) is 18.8 Å². The van der Waals surface area contributed by atoms with Crippen LogP contribution in [-0.4, -0.2) is 51.4 Å². The van der Waals surface area contributed by atoms with Gasteiger partial charge in [-0.15, -0.1) is 0 Å². The summed E-state index contributed by atoms with van der Waals surface area (Å²) in [5, 5.41) is 0.215. The minimum Gasteiger partial charge on any atom is -0.494 e. The lowest BCUT2D eigenvalue weighted by atomic mass is 10.0. The number of benzene rings is 4. The van der Waals surface area contributed by atoms with Crippen LogP contribution < -0.4 is 13.8 Å². The third-order valence-electron chi connectivity index (χ3n) is 7.63. The molecule has 4 aromatic carbocycles. The van der Waals surface area contributed by atoms with Crippen molar-refractivity contribution in [2.75, 3.05) is 24.5 Å². The second-order valence-corrected chi connectivity index (χ2v) is 12.8. The van der Waals surface area contributed by atoms with Crippen molar-refractivity contribution in [2.45, 2.75) is 17.9 Å². The lowest BCUT2D eigenvalue weighted by molar-refractivity contribution is 0.0573. The van der Waals surface area contributed by atoms with Crippen molar-refractivity contribution in [3.63, 3.8) is 0 Å². The maximum atomic E-state index is 14.7. The molecule has 0 radical (unpaired) electrons. The van der Waals surface area contributed by atoms with E-state index >= 15 is 0 Å². The molecule has 4 aromatic rings. The van der Waals surface area contributed by atoms with Crippen LogP contribution in [0.2, 0.25) is 5.02 Å². The van der Waals surface area contributed by atoms with Gasteiger partial charge in [-0.05, 0) is 72.7 Å². The fourth-order valence-corrected chi connectivity index (χ4v) is 7.30. The van der Waals surface area contributed by atoms with Gasteiger partial charge in [0, 0.05) is 5.56 Å². The van der Waals surface area contributed by atoms with Gasteiger partial charge >= 0.3 is 0 Å². The van der Waals surface area contributed by atoms with Crippen molar-refractivity contribution in [3.05, 3.63) is 118 Å². The SMILES string of the molecule is COc1ccc(S(=O)(=O)N2C[C@H](CN3C(=O)c4ccccc4C3=O)Oc3ccc(C=C(C)c4c(F)cccc4Cl)cc32)cc1F. The third-order valence-corrected chi connectivity index (χ3v) is 9.72. The summed E-state index contributed by atoms with van der Waals surface area (Å²) in [6.45, 7) is 1.13. The zero-order chi connectivity index (χ0) is 32.0. The molecule has 0 aliphatic carbocycles. The number of carbonyl (C=O) groups is 2. The monoisotopic (exact) mass is 650 g/mol. The van der Waals surface area contributed by atoms with Crippen LogP contribution in [0, 0.1) is 11.6 Å². The Bertz CT molecular complexity index is 1960. The molecule has 0 saturated carbocycles. The number of rotatable bonds is 7. The predicted octanol–water partition coefficient (Wildman–Crippen LogP) is 6.44. The summed E-state index contributed by atoms with van der Waals surface area (Å²) in [6, 6.07) is 18.8. The molecule has 0 unspecified atom stereocenters. The number of halogens is 3. The summed E-state index contributed by atoms with van der Waals surface area (Å²) in [5.41, 5.74) is 1.83. The Kier molecular flexibility index (Phi) is 7.84. The Morgan fingerprint density at radius 1 is 0.978 bits per heavy atom. The number of amides is 2. The second kappa shape index (κ2) is 11.6. The summed E-state index contributed by atoms with van der Waals surface area (Å²) in [6.07, 6.45) is 0.686. The molecule has 0 spiro atoms. The first kappa shape index (κ1) is 30.3. The van der Waals surface area contributed by atoms with E-state index in [0.29, 0.717) is 11.1 Å². The van der Waals surface area contributed by atoms with E-state index in [2.05, 4.69) is 0 Å². The van der Waals surface area contributed by atoms with Crippen LogP contribution >= 0.6 is 11.6 Å². The molecule has 0 fully saturated rings. The van der Waals surface area contributed by atoms with E-state index in [0.717, 1.165) is 15.3 Å². The summed E-state index contributed by atoms with van der Waals surface area (Å²) in [7, 11) is -3.15. The third kappa shape index (κ3) is 5.42. The molecule has 1 atom stereocenters. The van der Waals surface area contributed by atoms with E-state index in [-0.39, 0.29) is 56.9 Å². The zero-order valence-corrected chi connectivity index (χ0v) is 25.5. The first-order valence-electron chi connectivity index (χ1n) is 13.7. The second-order valence-electron chi connectivity index (χ2n) is 10.5. The van der Waals surface area contributed by atoms with Gasteiger partial charge in [0.25, 0.3) is 21.8 Å². The van der Waals surface area contributed by atoms with Crippen LogP contribution in [0.5, 0.6) is 11.5 Å². The zero-order valence-electron chi connectivity index (χ0n) is 24.0. The number of methoxy groups -OCH3 is 1.